The Kier molecular flexibility index (Phi) is 5.63. The molecule has 2 aliphatic heterocycles. The van der Waals surface area contributed by atoms with Gasteiger partial charge in [-0.15, -0.1) is 0 Å². The van der Waals surface area contributed by atoms with Crippen LogP contribution in [0.3, 0.4) is 0 Å². The van der Waals surface area contributed by atoms with Crippen LogP contribution < -0.4 is 10.6 Å². The molecule has 2 rings (SSSR count). The zero-order valence-electron chi connectivity index (χ0n) is 11.1. The van der Waals surface area contributed by atoms with Crippen molar-refractivity contribution in [3.63, 3.8) is 0 Å². The number of carbonyl (C=O) groups is 2. The molecule has 2 unspecified atom stereocenters. The average Bonchev–Trinajstić information content (AvgIpc) is 2.93. The normalized spacial score (nSPS) is 24.9. The topological polar surface area (TPSA) is 58.2 Å². The molecular formula is C13H20N2O2S2. The fraction of sp³-hybridized carbons (Fsp3) is 0.692. The highest BCUT2D eigenvalue weighted by atomic mass is 33.1. The second kappa shape index (κ2) is 7.24. The van der Waals surface area contributed by atoms with E-state index in [4.69, 9.17) is 0 Å². The standard InChI is InChI=1S/C13H20N2O2S2/c1-2-3-4-5-6-7-10(16)15-11-12-9(8-18-19-12)14-13(11)17/h8,11-12H,2-7H2,1H3,(H,14,17)(H,15,16). The van der Waals surface area contributed by atoms with Crippen molar-refractivity contribution in [1.82, 2.24) is 10.6 Å². The van der Waals surface area contributed by atoms with Crippen LogP contribution in [0.5, 0.6) is 0 Å². The Hall–Kier alpha value is -0.620. The summed E-state index contributed by atoms with van der Waals surface area (Å²) in [5.74, 6) is -0.0845. The van der Waals surface area contributed by atoms with Crippen LogP contribution in [0.15, 0.2) is 11.1 Å². The van der Waals surface area contributed by atoms with Gasteiger partial charge in [0.05, 0.1) is 5.25 Å². The summed E-state index contributed by atoms with van der Waals surface area (Å²) in [6.45, 7) is 2.17. The predicted octanol–water partition coefficient (Wildman–Crippen LogP) is 2.57. The maximum atomic E-state index is 11.8. The molecule has 2 aliphatic rings. The Morgan fingerprint density at radius 1 is 1.37 bits per heavy atom. The molecule has 2 N–H and O–H groups in total. The van der Waals surface area contributed by atoms with E-state index in [0.29, 0.717) is 6.42 Å². The molecule has 0 bridgehead atoms. The Bertz CT molecular complexity index is 385. The van der Waals surface area contributed by atoms with Crippen LogP contribution in [0.2, 0.25) is 0 Å². The molecule has 0 saturated carbocycles. The Labute approximate surface area is 121 Å². The number of amides is 2. The van der Waals surface area contributed by atoms with Crippen molar-refractivity contribution in [3.05, 3.63) is 11.1 Å². The summed E-state index contributed by atoms with van der Waals surface area (Å²) in [5, 5.41) is 7.71. The summed E-state index contributed by atoms with van der Waals surface area (Å²) in [7, 11) is 3.24. The van der Waals surface area contributed by atoms with Gasteiger partial charge in [0.2, 0.25) is 11.8 Å². The van der Waals surface area contributed by atoms with Crippen LogP contribution in [-0.4, -0.2) is 23.1 Å². The van der Waals surface area contributed by atoms with Gasteiger partial charge in [-0.25, -0.2) is 0 Å². The Balaban J connectivity index is 1.70. The first kappa shape index (κ1) is 14.8. The van der Waals surface area contributed by atoms with Crippen LogP contribution in [0, 0.1) is 0 Å². The maximum Gasteiger partial charge on any atom is 0.248 e. The van der Waals surface area contributed by atoms with Gasteiger partial charge in [-0.3, -0.25) is 9.59 Å². The van der Waals surface area contributed by atoms with Gasteiger partial charge >= 0.3 is 0 Å². The third-order valence-electron chi connectivity index (χ3n) is 3.32. The van der Waals surface area contributed by atoms with E-state index in [1.54, 1.807) is 21.6 Å². The second-order valence-corrected chi connectivity index (χ2v) is 7.17. The van der Waals surface area contributed by atoms with E-state index in [2.05, 4.69) is 17.6 Å². The quantitative estimate of drug-likeness (QED) is 0.560. The minimum atomic E-state index is -0.394. The monoisotopic (exact) mass is 300 g/mol. The van der Waals surface area contributed by atoms with Crippen LogP contribution in [0.25, 0.3) is 0 Å². The van der Waals surface area contributed by atoms with Gasteiger partial charge in [-0.1, -0.05) is 54.2 Å². The van der Waals surface area contributed by atoms with E-state index >= 15 is 0 Å². The number of unbranched alkanes of at least 4 members (excludes halogenated alkanes) is 4. The highest BCUT2D eigenvalue weighted by Crippen LogP contribution is 2.43. The van der Waals surface area contributed by atoms with Gasteiger partial charge in [0.15, 0.2) is 0 Å². The SMILES string of the molecule is CCCCCCCC(=O)NC1C(=O)NC2=CSSC21. The molecule has 0 spiro atoms. The summed E-state index contributed by atoms with van der Waals surface area (Å²) < 4.78 is 0. The summed E-state index contributed by atoms with van der Waals surface area (Å²) >= 11 is 0. The summed E-state index contributed by atoms with van der Waals surface area (Å²) in [4.78, 5) is 23.6. The Morgan fingerprint density at radius 2 is 2.16 bits per heavy atom. The lowest BCUT2D eigenvalue weighted by Crippen LogP contribution is -2.44. The van der Waals surface area contributed by atoms with E-state index < -0.39 is 6.04 Å². The van der Waals surface area contributed by atoms with Crippen molar-refractivity contribution >= 4 is 33.4 Å². The Morgan fingerprint density at radius 3 is 2.95 bits per heavy atom. The molecule has 2 amide bonds. The molecule has 6 heteroatoms. The van der Waals surface area contributed by atoms with Crippen molar-refractivity contribution in [3.8, 4) is 0 Å². The van der Waals surface area contributed by atoms with Crippen LogP contribution in [-0.2, 0) is 9.59 Å². The number of hydrogen-bond donors (Lipinski definition) is 2. The van der Waals surface area contributed by atoms with Gasteiger partial charge in [-0.05, 0) is 6.42 Å². The molecule has 1 fully saturated rings. The van der Waals surface area contributed by atoms with Gasteiger partial charge in [0, 0.05) is 17.5 Å². The lowest BCUT2D eigenvalue weighted by Gasteiger charge is -2.14. The zero-order chi connectivity index (χ0) is 13.7. The molecule has 1 saturated heterocycles. The third-order valence-corrected chi connectivity index (χ3v) is 5.76. The molecule has 0 radical (unpaired) electrons. The van der Waals surface area contributed by atoms with Crippen molar-refractivity contribution in [2.75, 3.05) is 0 Å². The fourth-order valence-electron chi connectivity index (χ4n) is 2.23. The largest absolute Gasteiger partial charge is 0.343 e. The molecule has 106 valence electrons. The van der Waals surface area contributed by atoms with Crippen LogP contribution >= 0.6 is 21.6 Å². The summed E-state index contributed by atoms with van der Waals surface area (Å²) in [5.41, 5.74) is 0.938. The van der Waals surface area contributed by atoms with Gasteiger partial charge in [0.25, 0.3) is 0 Å². The third kappa shape index (κ3) is 3.92. The highest BCUT2D eigenvalue weighted by molar-refractivity contribution is 8.78. The number of rotatable bonds is 7. The number of fused-ring (bicyclic) bond motifs is 1. The van der Waals surface area contributed by atoms with Gasteiger partial charge < -0.3 is 10.6 Å². The summed E-state index contributed by atoms with van der Waals surface area (Å²) in [6.07, 6.45) is 6.16. The van der Waals surface area contributed by atoms with Crippen molar-refractivity contribution in [2.45, 2.75) is 56.7 Å². The van der Waals surface area contributed by atoms with E-state index in [9.17, 15) is 9.59 Å². The first-order valence-electron chi connectivity index (χ1n) is 6.85. The lowest BCUT2D eigenvalue weighted by molar-refractivity contribution is -0.127. The average molecular weight is 300 g/mol. The van der Waals surface area contributed by atoms with Crippen molar-refractivity contribution in [2.24, 2.45) is 0 Å². The van der Waals surface area contributed by atoms with Crippen molar-refractivity contribution < 1.29 is 9.59 Å². The smallest absolute Gasteiger partial charge is 0.248 e. The number of hydrogen-bond acceptors (Lipinski definition) is 4. The predicted molar refractivity (Wildman–Crippen MR) is 80.5 cm³/mol. The van der Waals surface area contributed by atoms with Crippen LogP contribution in [0.1, 0.15) is 45.4 Å². The zero-order valence-corrected chi connectivity index (χ0v) is 12.7. The maximum absolute atomic E-state index is 11.8. The van der Waals surface area contributed by atoms with E-state index in [0.717, 1.165) is 18.5 Å². The first-order valence-corrected chi connectivity index (χ1v) is 9.12. The molecular weight excluding hydrogens is 280 g/mol. The van der Waals surface area contributed by atoms with Crippen molar-refractivity contribution in [1.29, 1.82) is 0 Å². The molecule has 2 atom stereocenters. The minimum absolute atomic E-state index is 0.00426. The van der Waals surface area contributed by atoms with Gasteiger partial charge in [-0.2, -0.15) is 0 Å². The first-order chi connectivity index (χ1) is 9.22. The molecule has 19 heavy (non-hydrogen) atoms. The fourth-order valence-corrected chi connectivity index (χ4v) is 4.81. The van der Waals surface area contributed by atoms with E-state index in [1.165, 1.54) is 19.3 Å². The molecule has 0 aromatic rings. The van der Waals surface area contributed by atoms with Crippen LogP contribution in [0.4, 0.5) is 0 Å². The highest BCUT2D eigenvalue weighted by Gasteiger charge is 2.42. The number of carbonyl (C=O) groups excluding carboxylic acids is 2. The molecule has 0 aromatic heterocycles. The number of nitrogens with one attached hydrogen (secondary N) is 2. The van der Waals surface area contributed by atoms with E-state index in [-0.39, 0.29) is 17.1 Å². The molecule has 2 heterocycles. The molecule has 0 aromatic carbocycles. The lowest BCUT2D eigenvalue weighted by atomic mass is 10.1. The minimum Gasteiger partial charge on any atom is -0.343 e. The summed E-state index contributed by atoms with van der Waals surface area (Å²) in [6, 6.07) is -0.394. The molecule has 0 aliphatic carbocycles. The van der Waals surface area contributed by atoms with Gasteiger partial charge in [0.1, 0.15) is 6.04 Å². The molecule has 4 nitrogen and oxygen atoms in total. The van der Waals surface area contributed by atoms with E-state index in [1.807, 2.05) is 5.41 Å². The second-order valence-electron chi connectivity index (χ2n) is 4.88.